The van der Waals surface area contributed by atoms with Gasteiger partial charge in [0.25, 0.3) is 0 Å². The van der Waals surface area contributed by atoms with Crippen LogP contribution in [-0.4, -0.2) is 48.9 Å². The number of nitrogens with zero attached hydrogens (tertiary/aromatic N) is 2. The first-order chi connectivity index (χ1) is 10.6. The number of likely N-dealkylation sites (tertiary alicyclic amines) is 1. The van der Waals surface area contributed by atoms with E-state index in [-0.39, 0.29) is 11.8 Å². The van der Waals surface area contributed by atoms with Crippen LogP contribution < -0.4 is 10.6 Å². The normalized spacial score (nSPS) is 27.0. The van der Waals surface area contributed by atoms with Crippen molar-refractivity contribution >= 4 is 17.8 Å². The Morgan fingerprint density at radius 2 is 1.82 bits per heavy atom. The third-order valence-electron chi connectivity index (χ3n) is 4.59. The van der Waals surface area contributed by atoms with Gasteiger partial charge in [-0.3, -0.25) is 19.5 Å². The average Bonchev–Trinajstić information content (AvgIpc) is 2.51. The molecule has 2 aliphatic rings. The molecule has 6 heteroatoms. The smallest absolute Gasteiger partial charge is 0.229 e. The van der Waals surface area contributed by atoms with Crippen molar-refractivity contribution in [2.24, 2.45) is 10.9 Å². The molecule has 0 unspecified atom stereocenters. The lowest BCUT2D eigenvalue weighted by Gasteiger charge is -2.29. The summed E-state index contributed by atoms with van der Waals surface area (Å²) in [7, 11) is 1.75. The van der Waals surface area contributed by atoms with Gasteiger partial charge in [-0.2, -0.15) is 0 Å². The Hall–Kier alpha value is -1.59. The van der Waals surface area contributed by atoms with E-state index in [2.05, 4.69) is 22.5 Å². The zero-order chi connectivity index (χ0) is 15.9. The van der Waals surface area contributed by atoms with Gasteiger partial charge in [0, 0.05) is 39.0 Å². The molecule has 0 atom stereocenters. The second-order valence-electron chi connectivity index (χ2n) is 6.39. The van der Waals surface area contributed by atoms with Crippen LogP contribution in [0.3, 0.4) is 0 Å². The van der Waals surface area contributed by atoms with Gasteiger partial charge in [-0.05, 0) is 38.0 Å². The van der Waals surface area contributed by atoms with Gasteiger partial charge in [-0.25, -0.2) is 0 Å². The highest BCUT2D eigenvalue weighted by molar-refractivity contribution is 5.97. The van der Waals surface area contributed by atoms with Crippen molar-refractivity contribution in [2.75, 3.05) is 20.1 Å². The molecule has 6 nitrogen and oxygen atoms in total. The lowest BCUT2D eigenvalue weighted by Crippen LogP contribution is -2.48. The summed E-state index contributed by atoms with van der Waals surface area (Å²) in [5.41, 5.74) is 0. The zero-order valence-electron chi connectivity index (χ0n) is 13.7. The quantitative estimate of drug-likeness (QED) is 0.466. The minimum atomic E-state index is -0.0535. The van der Waals surface area contributed by atoms with Crippen molar-refractivity contribution in [3.05, 3.63) is 0 Å². The fourth-order valence-electron chi connectivity index (χ4n) is 3.13. The van der Waals surface area contributed by atoms with E-state index in [9.17, 15) is 9.59 Å². The molecule has 1 aliphatic heterocycles. The number of guanidine groups is 1. The standard InChI is InChI=1S/C16H28N4O2/c1-12-6-8-13(9-7-12)19-16(17-2)18-10-11-20-14(21)4-3-5-15(20)22/h12-13H,3-11H2,1-2H3,(H2,17,18,19). The van der Waals surface area contributed by atoms with Gasteiger partial charge in [0.05, 0.1) is 0 Å². The van der Waals surface area contributed by atoms with Gasteiger partial charge in [0.15, 0.2) is 5.96 Å². The maximum atomic E-state index is 11.7. The second-order valence-corrected chi connectivity index (χ2v) is 6.39. The number of piperidine rings is 1. The van der Waals surface area contributed by atoms with Crippen LogP contribution in [0.25, 0.3) is 0 Å². The fourth-order valence-corrected chi connectivity index (χ4v) is 3.13. The first-order valence-corrected chi connectivity index (χ1v) is 8.40. The van der Waals surface area contributed by atoms with E-state index < -0.39 is 0 Å². The predicted octanol–water partition coefficient (Wildman–Crippen LogP) is 1.27. The molecule has 1 heterocycles. The molecular formula is C16H28N4O2. The fraction of sp³-hybridized carbons (Fsp3) is 0.812. The van der Waals surface area contributed by atoms with E-state index in [1.807, 2.05) is 0 Å². The van der Waals surface area contributed by atoms with Crippen LogP contribution in [-0.2, 0) is 9.59 Å². The molecule has 2 amide bonds. The SMILES string of the molecule is CN=C(NCCN1C(=O)CCCC1=O)NC1CCC(C)CC1. The van der Waals surface area contributed by atoms with Crippen molar-refractivity contribution in [3.8, 4) is 0 Å². The Morgan fingerprint density at radius 3 is 2.41 bits per heavy atom. The zero-order valence-corrected chi connectivity index (χ0v) is 13.7. The van der Waals surface area contributed by atoms with Gasteiger partial charge >= 0.3 is 0 Å². The molecule has 2 N–H and O–H groups in total. The molecule has 0 aromatic carbocycles. The molecule has 0 spiro atoms. The molecule has 22 heavy (non-hydrogen) atoms. The second kappa shape index (κ2) is 8.15. The molecule has 0 aromatic rings. The summed E-state index contributed by atoms with van der Waals surface area (Å²) >= 11 is 0. The first kappa shape index (κ1) is 16.8. The first-order valence-electron chi connectivity index (χ1n) is 8.40. The van der Waals surface area contributed by atoms with E-state index in [0.29, 0.717) is 38.4 Å². The van der Waals surface area contributed by atoms with Crippen molar-refractivity contribution in [2.45, 2.75) is 57.9 Å². The number of carbonyl (C=O) groups is 2. The number of imide groups is 1. The Morgan fingerprint density at radius 1 is 1.18 bits per heavy atom. The maximum Gasteiger partial charge on any atom is 0.229 e. The summed E-state index contributed by atoms with van der Waals surface area (Å²) in [5.74, 6) is 1.48. The molecule has 1 aliphatic carbocycles. The molecule has 0 bridgehead atoms. The topological polar surface area (TPSA) is 73.8 Å². The molecule has 2 fully saturated rings. The minimum absolute atomic E-state index is 0.0535. The number of carbonyl (C=O) groups excluding carboxylic acids is 2. The Bertz CT molecular complexity index is 412. The van der Waals surface area contributed by atoms with Gasteiger partial charge in [-0.15, -0.1) is 0 Å². The van der Waals surface area contributed by atoms with Crippen LogP contribution in [0.4, 0.5) is 0 Å². The van der Waals surface area contributed by atoms with E-state index in [1.54, 1.807) is 7.05 Å². The highest BCUT2D eigenvalue weighted by atomic mass is 16.2. The van der Waals surface area contributed by atoms with Gasteiger partial charge in [0.1, 0.15) is 0 Å². The number of aliphatic imine (C=N–C) groups is 1. The van der Waals surface area contributed by atoms with Gasteiger partial charge < -0.3 is 10.6 Å². The lowest BCUT2D eigenvalue weighted by molar-refractivity contribution is -0.147. The summed E-state index contributed by atoms with van der Waals surface area (Å²) in [5, 5.41) is 6.65. The molecule has 2 rings (SSSR count). The van der Waals surface area contributed by atoms with Gasteiger partial charge in [-0.1, -0.05) is 6.92 Å². The van der Waals surface area contributed by atoms with Crippen LogP contribution in [0.2, 0.25) is 0 Å². The van der Waals surface area contributed by atoms with E-state index in [1.165, 1.54) is 30.6 Å². The number of amides is 2. The number of hydrogen-bond acceptors (Lipinski definition) is 3. The molecule has 124 valence electrons. The summed E-state index contributed by atoms with van der Waals surface area (Å²) in [6, 6.07) is 0.473. The van der Waals surface area contributed by atoms with Crippen LogP contribution in [0.1, 0.15) is 51.9 Å². The number of hydrogen-bond donors (Lipinski definition) is 2. The summed E-state index contributed by atoms with van der Waals surface area (Å²) in [4.78, 5) is 29.1. The van der Waals surface area contributed by atoms with E-state index in [4.69, 9.17) is 0 Å². The third-order valence-corrected chi connectivity index (χ3v) is 4.59. The molecular weight excluding hydrogens is 280 g/mol. The molecule has 0 aromatic heterocycles. The molecule has 1 saturated heterocycles. The summed E-state index contributed by atoms with van der Waals surface area (Å²) in [6.07, 6.45) is 6.51. The van der Waals surface area contributed by atoms with Crippen molar-refractivity contribution in [1.82, 2.24) is 15.5 Å². The molecule has 0 radical (unpaired) electrons. The van der Waals surface area contributed by atoms with Gasteiger partial charge in [0.2, 0.25) is 11.8 Å². The molecule has 1 saturated carbocycles. The Balaban J connectivity index is 1.72. The predicted molar refractivity (Wildman–Crippen MR) is 86.5 cm³/mol. The summed E-state index contributed by atoms with van der Waals surface area (Å²) < 4.78 is 0. The highest BCUT2D eigenvalue weighted by Crippen LogP contribution is 2.23. The van der Waals surface area contributed by atoms with Crippen LogP contribution in [0.15, 0.2) is 4.99 Å². The van der Waals surface area contributed by atoms with Crippen molar-refractivity contribution in [1.29, 1.82) is 0 Å². The lowest BCUT2D eigenvalue weighted by atomic mass is 9.87. The number of rotatable bonds is 4. The van der Waals surface area contributed by atoms with E-state index >= 15 is 0 Å². The monoisotopic (exact) mass is 308 g/mol. The van der Waals surface area contributed by atoms with E-state index in [0.717, 1.165) is 11.9 Å². The third kappa shape index (κ3) is 4.71. The Labute approximate surface area is 132 Å². The maximum absolute atomic E-state index is 11.7. The van der Waals surface area contributed by atoms with Crippen LogP contribution >= 0.6 is 0 Å². The minimum Gasteiger partial charge on any atom is -0.355 e. The van der Waals surface area contributed by atoms with Crippen molar-refractivity contribution < 1.29 is 9.59 Å². The number of nitrogens with one attached hydrogen (secondary N) is 2. The highest BCUT2D eigenvalue weighted by Gasteiger charge is 2.25. The van der Waals surface area contributed by atoms with Crippen molar-refractivity contribution in [3.63, 3.8) is 0 Å². The summed E-state index contributed by atoms with van der Waals surface area (Å²) in [6.45, 7) is 3.26. The van der Waals surface area contributed by atoms with Crippen LogP contribution in [0, 0.1) is 5.92 Å². The average molecular weight is 308 g/mol. The van der Waals surface area contributed by atoms with Crippen LogP contribution in [0.5, 0.6) is 0 Å². The largest absolute Gasteiger partial charge is 0.355 e. The Kier molecular flexibility index (Phi) is 6.21.